The van der Waals surface area contributed by atoms with E-state index in [1.54, 1.807) is 0 Å². The second-order valence-corrected chi connectivity index (χ2v) is 8.32. The average molecular weight is 418 g/mol. The molecule has 2 N–H and O–H groups in total. The number of nitrogens with zero attached hydrogens (tertiary/aromatic N) is 1. The molecule has 0 saturated heterocycles. The molecule has 0 radical (unpaired) electrons. The molecule has 3 aliphatic rings. The first kappa shape index (κ1) is 20.2. The lowest BCUT2D eigenvalue weighted by molar-refractivity contribution is 0.709. The van der Waals surface area contributed by atoms with Gasteiger partial charge in [-0.1, -0.05) is 43.0 Å². The van der Waals surface area contributed by atoms with Crippen LogP contribution in [-0.4, -0.2) is 18.1 Å². The van der Waals surface area contributed by atoms with Crippen molar-refractivity contribution in [1.82, 2.24) is 15.6 Å². The molecule has 32 heavy (non-hydrogen) atoms. The van der Waals surface area contributed by atoms with Gasteiger partial charge in [0.05, 0.1) is 11.4 Å². The van der Waals surface area contributed by atoms with E-state index in [0.29, 0.717) is 0 Å². The maximum Gasteiger partial charge on any atom is 0.0873 e. The fourth-order valence-corrected chi connectivity index (χ4v) is 4.33. The molecule has 0 atom stereocenters. The van der Waals surface area contributed by atoms with Gasteiger partial charge in [0, 0.05) is 24.0 Å². The van der Waals surface area contributed by atoms with E-state index < -0.39 is 0 Å². The Morgan fingerprint density at radius 1 is 1.00 bits per heavy atom. The molecule has 2 aliphatic heterocycles. The molecule has 2 aromatic rings. The van der Waals surface area contributed by atoms with Crippen LogP contribution in [0.15, 0.2) is 96.3 Å². The molecule has 3 nitrogen and oxygen atoms in total. The van der Waals surface area contributed by atoms with Crippen LogP contribution >= 0.6 is 0 Å². The number of aryl methyl sites for hydroxylation is 1. The molecule has 5 rings (SSSR count). The van der Waals surface area contributed by atoms with E-state index in [-0.39, 0.29) is 0 Å². The normalized spacial score (nSPS) is 17.8. The molecule has 0 unspecified atom stereocenters. The van der Waals surface area contributed by atoms with E-state index in [0.717, 1.165) is 53.3 Å². The Morgan fingerprint density at radius 2 is 1.94 bits per heavy atom. The number of nitrogens with one attached hydrogen (secondary N) is 2. The molecule has 0 fully saturated rings. The number of fused-ring (bicyclic) bond motifs is 1. The van der Waals surface area contributed by atoms with Crippen LogP contribution in [0.2, 0.25) is 0 Å². The fourth-order valence-electron chi connectivity index (χ4n) is 4.33. The third-order valence-corrected chi connectivity index (χ3v) is 5.90. The summed E-state index contributed by atoms with van der Waals surface area (Å²) in [6, 6.07) is 12.8. The maximum absolute atomic E-state index is 4.76. The molecule has 0 amide bonds. The summed E-state index contributed by atoms with van der Waals surface area (Å²) in [4.78, 5) is 4.76. The van der Waals surface area contributed by atoms with Crippen molar-refractivity contribution in [2.45, 2.75) is 13.3 Å². The van der Waals surface area contributed by atoms with Gasteiger partial charge in [0.25, 0.3) is 0 Å². The minimum Gasteiger partial charge on any atom is -0.359 e. The molecule has 0 saturated carbocycles. The number of aromatic nitrogens is 1. The summed E-state index contributed by atoms with van der Waals surface area (Å²) in [6.07, 6.45) is 18.3. The van der Waals surface area contributed by atoms with Gasteiger partial charge in [-0.25, -0.2) is 0 Å². The van der Waals surface area contributed by atoms with E-state index in [1.165, 1.54) is 21.6 Å². The number of benzene rings is 1. The van der Waals surface area contributed by atoms with Crippen molar-refractivity contribution in [1.29, 1.82) is 0 Å². The monoisotopic (exact) mass is 417 g/mol. The lowest BCUT2D eigenvalue weighted by atomic mass is 9.97. The van der Waals surface area contributed by atoms with E-state index in [9.17, 15) is 0 Å². The lowest BCUT2D eigenvalue weighted by Crippen LogP contribution is -2.26. The van der Waals surface area contributed by atoms with Crippen molar-refractivity contribution >= 4 is 23.4 Å². The first-order valence-corrected chi connectivity index (χ1v) is 11.1. The highest BCUT2D eigenvalue weighted by Gasteiger charge is 2.13. The molecule has 0 bridgehead atoms. The minimum absolute atomic E-state index is 0.900. The molecule has 3 heterocycles. The Morgan fingerprint density at radius 3 is 2.78 bits per heavy atom. The molecular weight excluding hydrogens is 390 g/mol. The molecule has 158 valence electrons. The summed E-state index contributed by atoms with van der Waals surface area (Å²) in [7, 11) is 0. The van der Waals surface area contributed by atoms with Crippen LogP contribution in [0.25, 0.3) is 23.4 Å². The Labute approximate surface area is 189 Å². The second kappa shape index (κ2) is 8.81. The van der Waals surface area contributed by atoms with Crippen molar-refractivity contribution < 1.29 is 0 Å². The molecule has 1 aromatic carbocycles. The van der Waals surface area contributed by atoms with E-state index in [4.69, 9.17) is 4.98 Å². The zero-order chi connectivity index (χ0) is 21.9. The molecular formula is C29H27N3. The number of pyridine rings is 1. The summed E-state index contributed by atoms with van der Waals surface area (Å²) in [6.45, 7) is 8.22. The minimum atomic E-state index is 0.900. The van der Waals surface area contributed by atoms with Crippen molar-refractivity contribution in [3.05, 3.63) is 124 Å². The molecule has 1 aromatic heterocycles. The Bertz CT molecular complexity index is 1360. The van der Waals surface area contributed by atoms with Crippen LogP contribution in [0.4, 0.5) is 0 Å². The van der Waals surface area contributed by atoms with Crippen LogP contribution in [0, 0.1) is 6.92 Å². The van der Waals surface area contributed by atoms with Crippen LogP contribution in [0.5, 0.6) is 0 Å². The third kappa shape index (κ3) is 4.20. The van der Waals surface area contributed by atoms with Gasteiger partial charge in [-0.05, 0) is 95.1 Å². The number of hydrogen-bond donors (Lipinski definition) is 2. The summed E-state index contributed by atoms with van der Waals surface area (Å²) >= 11 is 0. The van der Waals surface area contributed by atoms with Crippen LogP contribution in [0.3, 0.4) is 0 Å². The standard InChI is InChI=1S/C29H27N3/c1-20-15-22-11-12-23(17-26(22)18-25(16-20)24-8-6-13-30-19-24)27-9-3-4-14-31-29(27)28-10-5-7-21(2)32-28/h3-5,7-12,14-18,30-31H,1,6,13,19H2,2H3. The van der Waals surface area contributed by atoms with Gasteiger partial charge in [0.15, 0.2) is 0 Å². The zero-order valence-corrected chi connectivity index (χ0v) is 18.4. The second-order valence-electron chi connectivity index (χ2n) is 8.32. The van der Waals surface area contributed by atoms with Crippen molar-refractivity contribution in [3.63, 3.8) is 0 Å². The van der Waals surface area contributed by atoms with Gasteiger partial charge in [-0.2, -0.15) is 0 Å². The highest BCUT2D eigenvalue weighted by atomic mass is 14.9. The first-order valence-electron chi connectivity index (χ1n) is 11.1. The smallest absolute Gasteiger partial charge is 0.0873 e. The van der Waals surface area contributed by atoms with Crippen LogP contribution < -0.4 is 21.1 Å². The Kier molecular flexibility index (Phi) is 5.57. The lowest BCUT2D eigenvalue weighted by Gasteiger charge is -2.15. The predicted octanol–water partition coefficient (Wildman–Crippen LogP) is 3.91. The topological polar surface area (TPSA) is 37.0 Å². The SMILES string of the molecule is C=C1C=C(C2=CCCNC2)C=c2cc(C3=C(c4cccc(C)n4)NC=CC=C3)ccc2=C1. The number of rotatable bonds is 3. The Balaban J connectivity index is 1.67. The third-order valence-electron chi connectivity index (χ3n) is 5.90. The fraction of sp³-hybridized carbons (Fsp3) is 0.138. The number of allylic oxidation sites excluding steroid dienone is 6. The van der Waals surface area contributed by atoms with Gasteiger partial charge < -0.3 is 10.6 Å². The highest BCUT2D eigenvalue weighted by molar-refractivity contribution is 5.95. The van der Waals surface area contributed by atoms with Gasteiger partial charge in [0.1, 0.15) is 0 Å². The summed E-state index contributed by atoms with van der Waals surface area (Å²) < 4.78 is 0. The predicted molar refractivity (Wildman–Crippen MR) is 135 cm³/mol. The van der Waals surface area contributed by atoms with E-state index in [1.807, 2.05) is 25.3 Å². The zero-order valence-electron chi connectivity index (χ0n) is 18.4. The van der Waals surface area contributed by atoms with Crippen LogP contribution in [0.1, 0.15) is 23.4 Å². The number of hydrogen-bond acceptors (Lipinski definition) is 3. The first-order chi connectivity index (χ1) is 15.7. The van der Waals surface area contributed by atoms with Crippen LogP contribution in [-0.2, 0) is 0 Å². The summed E-state index contributed by atoms with van der Waals surface area (Å²) in [5.41, 5.74) is 8.83. The molecule has 0 spiro atoms. The van der Waals surface area contributed by atoms with Gasteiger partial charge >= 0.3 is 0 Å². The average Bonchev–Trinajstić information content (AvgIpc) is 3.15. The maximum atomic E-state index is 4.76. The summed E-state index contributed by atoms with van der Waals surface area (Å²) in [5.74, 6) is 0. The highest BCUT2D eigenvalue weighted by Crippen LogP contribution is 2.26. The van der Waals surface area contributed by atoms with Gasteiger partial charge in [-0.15, -0.1) is 0 Å². The molecule has 1 aliphatic carbocycles. The van der Waals surface area contributed by atoms with E-state index in [2.05, 4.69) is 84.0 Å². The Hall–Kier alpha value is -3.69. The van der Waals surface area contributed by atoms with Crippen molar-refractivity contribution in [2.24, 2.45) is 0 Å². The van der Waals surface area contributed by atoms with Gasteiger partial charge in [0.2, 0.25) is 0 Å². The van der Waals surface area contributed by atoms with Crippen molar-refractivity contribution in [2.75, 3.05) is 13.1 Å². The molecule has 3 heteroatoms. The largest absolute Gasteiger partial charge is 0.359 e. The van der Waals surface area contributed by atoms with Crippen molar-refractivity contribution in [3.8, 4) is 0 Å². The van der Waals surface area contributed by atoms with E-state index >= 15 is 0 Å². The van der Waals surface area contributed by atoms with Gasteiger partial charge in [-0.3, -0.25) is 4.98 Å². The summed E-state index contributed by atoms with van der Waals surface area (Å²) in [5, 5.41) is 9.32. The quantitative estimate of drug-likeness (QED) is 0.795.